The molecule has 1 fully saturated rings. The second kappa shape index (κ2) is 6.73. The lowest BCUT2D eigenvalue weighted by Crippen LogP contribution is -2.44. The summed E-state index contributed by atoms with van der Waals surface area (Å²) in [7, 11) is 0. The molecule has 1 saturated heterocycles. The molecule has 1 aromatic carbocycles. The fourth-order valence-electron chi connectivity index (χ4n) is 3.10. The number of phenolic OH excluding ortho intramolecular Hbond substituents is 1. The number of piperidine rings is 1. The average molecular weight is 327 g/mol. The van der Waals surface area contributed by atoms with Crippen LogP contribution in [0.1, 0.15) is 44.2 Å². The van der Waals surface area contributed by atoms with Gasteiger partial charge in [0.05, 0.1) is 6.04 Å². The molecule has 0 bridgehead atoms. The number of phenols is 1. The number of likely N-dealkylation sites (tertiary alicyclic amines) is 1. The molecular weight excluding hydrogens is 304 g/mol. The summed E-state index contributed by atoms with van der Waals surface area (Å²) < 4.78 is 0.990. The van der Waals surface area contributed by atoms with Gasteiger partial charge in [0.1, 0.15) is 5.75 Å². The maximum atomic E-state index is 10.1. The maximum Gasteiger partial charge on any atom is 0.120 e. The molecule has 2 unspecified atom stereocenters. The SMILES string of the molecule is CCC1CCCCN1C(CN)c1cc(Br)ccc1O. The molecule has 1 heterocycles. The lowest BCUT2D eigenvalue weighted by Gasteiger charge is -2.41. The lowest BCUT2D eigenvalue weighted by molar-refractivity contribution is 0.0935. The topological polar surface area (TPSA) is 49.5 Å². The number of aromatic hydroxyl groups is 1. The molecule has 3 nitrogen and oxygen atoms in total. The highest BCUT2D eigenvalue weighted by molar-refractivity contribution is 9.10. The summed E-state index contributed by atoms with van der Waals surface area (Å²) in [5.74, 6) is 0.346. The van der Waals surface area contributed by atoms with Crippen molar-refractivity contribution in [1.82, 2.24) is 4.90 Å². The standard InChI is InChI=1S/C15H23BrN2O/c1-2-12-5-3-4-8-18(12)14(10-17)13-9-11(16)6-7-15(13)19/h6-7,9,12,14,19H,2-5,8,10,17H2,1H3. The van der Waals surface area contributed by atoms with E-state index in [9.17, 15) is 5.11 Å². The summed E-state index contributed by atoms with van der Waals surface area (Å²) in [5.41, 5.74) is 6.95. The van der Waals surface area contributed by atoms with Crippen LogP contribution in [0, 0.1) is 0 Å². The van der Waals surface area contributed by atoms with Crippen molar-refractivity contribution in [3.63, 3.8) is 0 Å². The summed E-state index contributed by atoms with van der Waals surface area (Å²) in [5, 5.41) is 10.1. The summed E-state index contributed by atoms with van der Waals surface area (Å²) in [4.78, 5) is 2.48. The normalized spacial score (nSPS) is 22.4. The van der Waals surface area contributed by atoms with Crippen LogP contribution >= 0.6 is 15.9 Å². The number of nitrogens with zero attached hydrogens (tertiary/aromatic N) is 1. The minimum atomic E-state index is 0.114. The highest BCUT2D eigenvalue weighted by Crippen LogP contribution is 2.35. The lowest BCUT2D eigenvalue weighted by atomic mass is 9.94. The highest BCUT2D eigenvalue weighted by atomic mass is 79.9. The van der Waals surface area contributed by atoms with Gasteiger partial charge in [0.2, 0.25) is 0 Å². The molecule has 0 saturated carbocycles. The zero-order valence-electron chi connectivity index (χ0n) is 11.5. The predicted molar refractivity (Wildman–Crippen MR) is 82.2 cm³/mol. The molecule has 0 radical (unpaired) electrons. The Hall–Kier alpha value is -0.580. The van der Waals surface area contributed by atoms with E-state index in [1.807, 2.05) is 12.1 Å². The van der Waals surface area contributed by atoms with Crippen molar-refractivity contribution in [2.24, 2.45) is 5.73 Å². The Morgan fingerprint density at radius 3 is 2.95 bits per heavy atom. The first-order valence-electron chi connectivity index (χ1n) is 7.11. The fourth-order valence-corrected chi connectivity index (χ4v) is 3.48. The van der Waals surface area contributed by atoms with Crippen molar-refractivity contribution in [3.8, 4) is 5.75 Å². The Morgan fingerprint density at radius 1 is 1.47 bits per heavy atom. The fraction of sp³-hybridized carbons (Fsp3) is 0.600. The van der Waals surface area contributed by atoms with E-state index < -0.39 is 0 Å². The summed E-state index contributed by atoms with van der Waals surface area (Å²) in [6, 6.07) is 6.30. The largest absolute Gasteiger partial charge is 0.508 e. The van der Waals surface area contributed by atoms with Crippen molar-refractivity contribution in [3.05, 3.63) is 28.2 Å². The van der Waals surface area contributed by atoms with Crippen LogP contribution in [0.3, 0.4) is 0 Å². The molecule has 3 N–H and O–H groups in total. The Morgan fingerprint density at radius 2 is 2.26 bits per heavy atom. The van der Waals surface area contributed by atoms with Gasteiger partial charge in [0.25, 0.3) is 0 Å². The van der Waals surface area contributed by atoms with E-state index in [0.29, 0.717) is 18.3 Å². The van der Waals surface area contributed by atoms with Crippen LogP contribution in [0.15, 0.2) is 22.7 Å². The Labute approximate surface area is 123 Å². The molecule has 0 amide bonds. The van der Waals surface area contributed by atoms with Gasteiger partial charge in [0.15, 0.2) is 0 Å². The van der Waals surface area contributed by atoms with Gasteiger partial charge >= 0.3 is 0 Å². The number of halogens is 1. The predicted octanol–water partition coefficient (Wildman–Crippen LogP) is 3.42. The smallest absolute Gasteiger partial charge is 0.120 e. The maximum absolute atomic E-state index is 10.1. The third-order valence-electron chi connectivity index (χ3n) is 4.12. The second-order valence-corrected chi connectivity index (χ2v) is 6.17. The van der Waals surface area contributed by atoms with E-state index in [1.54, 1.807) is 6.07 Å². The number of benzene rings is 1. The molecule has 0 spiro atoms. The Kier molecular flexibility index (Phi) is 5.25. The number of rotatable bonds is 4. The van der Waals surface area contributed by atoms with E-state index >= 15 is 0 Å². The van der Waals surface area contributed by atoms with Gasteiger partial charge in [-0.1, -0.05) is 29.3 Å². The molecular formula is C15H23BrN2O. The van der Waals surface area contributed by atoms with Crippen molar-refractivity contribution in [2.75, 3.05) is 13.1 Å². The molecule has 0 aliphatic carbocycles. The first kappa shape index (κ1) is 14.8. The van der Waals surface area contributed by atoms with Gasteiger partial charge in [-0.2, -0.15) is 0 Å². The van der Waals surface area contributed by atoms with Crippen LogP contribution in [0.2, 0.25) is 0 Å². The van der Waals surface area contributed by atoms with Crippen LogP contribution in [0.4, 0.5) is 0 Å². The van der Waals surface area contributed by atoms with Crippen LogP contribution in [-0.2, 0) is 0 Å². The van der Waals surface area contributed by atoms with Crippen LogP contribution in [0.25, 0.3) is 0 Å². The van der Waals surface area contributed by atoms with Crippen molar-refractivity contribution < 1.29 is 5.11 Å². The van der Waals surface area contributed by atoms with E-state index in [1.165, 1.54) is 19.3 Å². The molecule has 106 valence electrons. The molecule has 2 rings (SSSR count). The van der Waals surface area contributed by atoms with Gasteiger partial charge < -0.3 is 10.8 Å². The molecule has 4 heteroatoms. The zero-order valence-corrected chi connectivity index (χ0v) is 13.1. The molecule has 2 atom stereocenters. The first-order valence-corrected chi connectivity index (χ1v) is 7.91. The Balaban J connectivity index is 2.29. The number of hydrogen-bond donors (Lipinski definition) is 2. The minimum absolute atomic E-state index is 0.114. The van der Waals surface area contributed by atoms with Crippen molar-refractivity contribution in [2.45, 2.75) is 44.7 Å². The van der Waals surface area contributed by atoms with E-state index in [-0.39, 0.29) is 6.04 Å². The first-order chi connectivity index (χ1) is 9.17. The van der Waals surface area contributed by atoms with Crippen molar-refractivity contribution >= 4 is 15.9 Å². The van der Waals surface area contributed by atoms with Gasteiger partial charge in [-0.15, -0.1) is 0 Å². The Bertz CT molecular complexity index is 425. The van der Waals surface area contributed by atoms with Gasteiger partial charge in [0, 0.05) is 22.6 Å². The summed E-state index contributed by atoms with van der Waals surface area (Å²) in [6.07, 6.45) is 4.91. The monoisotopic (exact) mass is 326 g/mol. The summed E-state index contributed by atoms with van der Waals surface area (Å²) >= 11 is 3.48. The third kappa shape index (κ3) is 3.30. The molecule has 1 aromatic rings. The molecule has 1 aliphatic rings. The molecule has 1 aliphatic heterocycles. The molecule has 0 aromatic heterocycles. The highest BCUT2D eigenvalue weighted by Gasteiger charge is 2.29. The summed E-state index contributed by atoms with van der Waals surface area (Å²) in [6.45, 7) is 3.85. The van der Waals surface area contributed by atoms with Gasteiger partial charge in [-0.05, 0) is 44.0 Å². The molecule has 19 heavy (non-hydrogen) atoms. The quantitative estimate of drug-likeness (QED) is 0.891. The average Bonchev–Trinajstić information content (AvgIpc) is 2.44. The third-order valence-corrected chi connectivity index (χ3v) is 4.61. The van der Waals surface area contributed by atoms with Gasteiger partial charge in [-0.25, -0.2) is 0 Å². The van der Waals surface area contributed by atoms with E-state index in [0.717, 1.165) is 23.0 Å². The van der Waals surface area contributed by atoms with Crippen LogP contribution in [0.5, 0.6) is 5.75 Å². The van der Waals surface area contributed by atoms with Gasteiger partial charge in [-0.3, -0.25) is 4.90 Å². The number of hydrogen-bond acceptors (Lipinski definition) is 3. The van der Waals surface area contributed by atoms with E-state index in [2.05, 4.69) is 27.8 Å². The van der Waals surface area contributed by atoms with E-state index in [4.69, 9.17) is 5.73 Å². The second-order valence-electron chi connectivity index (χ2n) is 5.25. The zero-order chi connectivity index (χ0) is 13.8. The number of nitrogens with two attached hydrogens (primary N) is 1. The van der Waals surface area contributed by atoms with Crippen LogP contribution in [-0.4, -0.2) is 29.1 Å². The minimum Gasteiger partial charge on any atom is -0.508 e. The van der Waals surface area contributed by atoms with Crippen LogP contribution < -0.4 is 5.73 Å². The van der Waals surface area contributed by atoms with Crippen molar-refractivity contribution in [1.29, 1.82) is 0 Å².